The van der Waals surface area contributed by atoms with Crippen molar-refractivity contribution >= 4 is 27.5 Å². The molecule has 26 heavy (non-hydrogen) atoms. The van der Waals surface area contributed by atoms with Crippen LogP contribution in [0.25, 0.3) is 0 Å². The van der Waals surface area contributed by atoms with Gasteiger partial charge in [0.05, 0.1) is 23.4 Å². The first-order valence-electron chi connectivity index (χ1n) is 8.88. The normalized spacial score (nSPS) is 19.6. The predicted octanol–water partition coefficient (Wildman–Crippen LogP) is 1.83. The van der Waals surface area contributed by atoms with E-state index in [4.69, 9.17) is 0 Å². The van der Waals surface area contributed by atoms with Gasteiger partial charge in [-0.15, -0.1) is 0 Å². The van der Waals surface area contributed by atoms with Crippen molar-refractivity contribution in [1.29, 1.82) is 0 Å². The van der Waals surface area contributed by atoms with Gasteiger partial charge in [-0.1, -0.05) is 19.1 Å². The Morgan fingerprint density at radius 2 is 2.00 bits per heavy atom. The van der Waals surface area contributed by atoms with Crippen molar-refractivity contribution in [3.05, 3.63) is 29.8 Å². The molecule has 0 radical (unpaired) electrons. The highest BCUT2D eigenvalue weighted by Gasteiger charge is 2.30. The van der Waals surface area contributed by atoms with Gasteiger partial charge in [0.25, 0.3) is 5.91 Å². The first-order chi connectivity index (χ1) is 12.2. The summed E-state index contributed by atoms with van der Waals surface area (Å²) in [4.78, 5) is 25.1. The van der Waals surface area contributed by atoms with Crippen molar-refractivity contribution in [2.45, 2.75) is 39.2 Å². The van der Waals surface area contributed by atoms with Gasteiger partial charge in [0, 0.05) is 19.1 Å². The number of para-hydroxylation sites is 1. The molecule has 1 aliphatic rings. The van der Waals surface area contributed by atoms with E-state index in [1.807, 2.05) is 13.8 Å². The summed E-state index contributed by atoms with van der Waals surface area (Å²) in [5.74, 6) is -0.928. The highest BCUT2D eigenvalue weighted by Crippen LogP contribution is 2.22. The minimum Gasteiger partial charge on any atom is -0.350 e. The lowest BCUT2D eigenvalue weighted by atomic mass is 9.98. The van der Waals surface area contributed by atoms with Crippen LogP contribution in [0.15, 0.2) is 24.3 Å². The molecule has 1 aromatic carbocycles. The molecule has 1 aromatic rings. The maximum Gasteiger partial charge on any atom is 0.253 e. The summed E-state index contributed by atoms with van der Waals surface area (Å²) in [6.07, 6.45) is 3.23. The van der Waals surface area contributed by atoms with Crippen LogP contribution in [0.1, 0.15) is 43.5 Å². The third-order valence-corrected chi connectivity index (χ3v) is 5.91. The predicted molar refractivity (Wildman–Crippen MR) is 101 cm³/mol. The Kier molecular flexibility index (Phi) is 6.77. The molecule has 2 rings (SSSR count). The van der Waals surface area contributed by atoms with Gasteiger partial charge >= 0.3 is 0 Å². The van der Waals surface area contributed by atoms with Crippen molar-refractivity contribution in [1.82, 2.24) is 9.62 Å². The zero-order valence-corrected chi connectivity index (χ0v) is 16.3. The van der Waals surface area contributed by atoms with Crippen molar-refractivity contribution in [3.63, 3.8) is 0 Å². The molecule has 2 N–H and O–H groups in total. The lowest BCUT2D eigenvalue weighted by Crippen LogP contribution is -2.43. The van der Waals surface area contributed by atoms with Crippen LogP contribution in [-0.2, 0) is 14.8 Å². The van der Waals surface area contributed by atoms with Crippen LogP contribution in [0.3, 0.4) is 0 Å². The largest absolute Gasteiger partial charge is 0.350 e. The third-order valence-electron chi connectivity index (χ3n) is 4.64. The number of carbonyl (C=O) groups is 2. The topological polar surface area (TPSA) is 95.6 Å². The molecule has 0 aliphatic carbocycles. The molecule has 2 amide bonds. The van der Waals surface area contributed by atoms with E-state index in [1.54, 1.807) is 24.3 Å². The molecule has 0 saturated carbocycles. The quantitative estimate of drug-likeness (QED) is 0.786. The Morgan fingerprint density at radius 3 is 2.65 bits per heavy atom. The number of amides is 2. The van der Waals surface area contributed by atoms with Gasteiger partial charge in [-0.3, -0.25) is 9.59 Å². The van der Waals surface area contributed by atoms with Gasteiger partial charge in [0.1, 0.15) is 0 Å². The van der Waals surface area contributed by atoms with E-state index in [2.05, 4.69) is 10.6 Å². The minimum atomic E-state index is -3.31. The summed E-state index contributed by atoms with van der Waals surface area (Å²) < 4.78 is 24.8. The maximum atomic E-state index is 12.6. The number of sulfonamides is 1. The Morgan fingerprint density at radius 1 is 1.31 bits per heavy atom. The summed E-state index contributed by atoms with van der Waals surface area (Å²) >= 11 is 0. The van der Waals surface area contributed by atoms with Crippen LogP contribution in [0.2, 0.25) is 0 Å². The van der Waals surface area contributed by atoms with E-state index in [9.17, 15) is 18.0 Å². The molecular formula is C18H27N3O4S. The molecule has 1 fully saturated rings. The second-order valence-electron chi connectivity index (χ2n) is 6.78. The highest BCUT2D eigenvalue weighted by atomic mass is 32.2. The number of nitrogens with zero attached hydrogens (tertiary/aromatic N) is 1. The molecule has 0 unspecified atom stereocenters. The van der Waals surface area contributed by atoms with E-state index in [-0.39, 0.29) is 24.4 Å². The monoisotopic (exact) mass is 381 g/mol. The van der Waals surface area contributed by atoms with Crippen molar-refractivity contribution in [2.75, 3.05) is 24.7 Å². The Bertz CT molecular complexity index is 763. The third kappa shape index (κ3) is 5.28. The lowest BCUT2D eigenvalue weighted by Gasteiger charge is -2.30. The number of hydrogen-bond acceptors (Lipinski definition) is 4. The fourth-order valence-corrected chi connectivity index (χ4v) is 3.80. The zero-order chi connectivity index (χ0) is 19.3. The number of carbonyl (C=O) groups excluding carboxylic acids is 2. The van der Waals surface area contributed by atoms with Gasteiger partial charge in [-0.2, -0.15) is 0 Å². The standard InChI is InChI=1S/C18H27N3O4S/c1-4-13(2)19-18(23)15-9-5-6-10-16(15)20-17(22)14-8-7-11-21(12-14)26(3,24)25/h5-6,9-10,13-14H,4,7-8,11-12H2,1-3H3,(H,19,23)(H,20,22)/t13-,14+/m0/s1. The van der Waals surface area contributed by atoms with Crippen LogP contribution in [0.5, 0.6) is 0 Å². The van der Waals surface area contributed by atoms with Crippen molar-refractivity contribution in [3.8, 4) is 0 Å². The lowest BCUT2D eigenvalue weighted by molar-refractivity contribution is -0.120. The van der Waals surface area contributed by atoms with Crippen LogP contribution in [0, 0.1) is 5.92 Å². The molecule has 1 saturated heterocycles. The maximum absolute atomic E-state index is 12.6. The molecule has 7 nitrogen and oxygen atoms in total. The minimum absolute atomic E-state index is 0.0351. The summed E-state index contributed by atoms with van der Waals surface area (Å²) in [7, 11) is -3.31. The molecule has 0 aromatic heterocycles. The SMILES string of the molecule is CC[C@H](C)NC(=O)c1ccccc1NC(=O)[C@@H]1CCCN(S(C)(=O)=O)C1. The number of anilines is 1. The fraction of sp³-hybridized carbons (Fsp3) is 0.556. The van der Waals surface area contributed by atoms with E-state index in [0.717, 1.165) is 12.7 Å². The van der Waals surface area contributed by atoms with Gasteiger partial charge in [0.15, 0.2) is 0 Å². The summed E-state index contributed by atoms with van der Waals surface area (Å²) in [5.41, 5.74) is 0.840. The van der Waals surface area contributed by atoms with Gasteiger partial charge in [-0.05, 0) is 38.3 Å². The Labute approximate surface area is 155 Å². The Hall–Kier alpha value is -1.93. The number of piperidine rings is 1. The van der Waals surface area contributed by atoms with Crippen LogP contribution >= 0.6 is 0 Å². The Balaban J connectivity index is 2.11. The number of benzene rings is 1. The zero-order valence-electron chi connectivity index (χ0n) is 15.5. The molecule has 0 bridgehead atoms. The molecular weight excluding hydrogens is 354 g/mol. The van der Waals surface area contributed by atoms with Crippen LogP contribution < -0.4 is 10.6 Å². The first kappa shape index (κ1) is 20.4. The summed E-state index contributed by atoms with van der Waals surface area (Å²) in [5, 5.41) is 5.69. The first-order valence-corrected chi connectivity index (χ1v) is 10.7. The van der Waals surface area contributed by atoms with E-state index >= 15 is 0 Å². The molecule has 0 spiro atoms. The molecule has 1 heterocycles. The molecule has 2 atom stereocenters. The second kappa shape index (κ2) is 8.64. The van der Waals surface area contributed by atoms with Gasteiger partial charge in [-0.25, -0.2) is 12.7 Å². The number of rotatable bonds is 6. The van der Waals surface area contributed by atoms with Gasteiger partial charge < -0.3 is 10.6 Å². The van der Waals surface area contributed by atoms with Gasteiger partial charge in [0.2, 0.25) is 15.9 Å². The van der Waals surface area contributed by atoms with Crippen LogP contribution in [0.4, 0.5) is 5.69 Å². The molecule has 8 heteroatoms. The van der Waals surface area contributed by atoms with E-state index in [0.29, 0.717) is 30.6 Å². The average molecular weight is 381 g/mol. The average Bonchev–Trinajstić information content (AvgIpc) is 2.61. The number of hydrogen-bond donors (Lipinski definition) is 2. The second-order valence-corrected chi connectivity index (χ2v) is 8.76. The van der Waals surface area contributed by atoms with Crippen LogP contribution in [-0.4, -0.2) is 49.9 Å². The van der Waals surface area contributed by atoms with Crippen molar-refractivity contribution in [2.24, 2.45) is 5.92 Å². The fourth-order valence-electron chi connectivity index (χ4n) is 2.89. The molecule has 1 aliphatic heterocycles. The van der Waals surface area contributed by atoms with E-state index in [1.165, 1.54) is 4.31 Å². The molecule has 144 valence electrons. The highest BCUT2D eigenvalue weighted by molar-refractivity contribution is 7.88. The summed E-state index contributed by atoms with van der Waals surface area (Å²) in [6, 6.07) is 6.87. The number of nitrogens with one attached hydrogen (secondary N) is 2. The van der Waals surface area contributed by atoms with E-state index < -0.39 is 15.9 Å². The summed E-state index contributed by atoms with van der Waals surface area (Å²) in [6.45, 7) is 4.51. The smallest absolute Gasteiger partial charge is 0.253 e. The van der Waals surface area contributed by atoms with Crippen molar-refractivity contribution < 1.29 is 18.0 Å².